The van der Waals surface area contributed by atoms with E-state index in [0.717, 1.165) is 6.42 Å². The first-order valence-electron chi connectivity index (χ1n) is 6.21. The quantitative estimate of drug-likeness (QED) is 0.833. The monoisotopic (exact) mass is 276 g/mol. The topological polar surface area (TPSA) is 104 Å². The Labute approximate surface area is 115 Å². The van der Waals surface area contributed by atoms with Gasteiger partial charge in [0.05, 0.1) is 0 Å². The highest BCUT2D eigenvalue weighted by molar-refractivity contribution is 6.01. The van der Waals surface area contributed by atoms with Crippen LogP contribution in [-0.4, -0.2) is 51.7 Å². The van der Waals surface area contributed by atoms with E-state index < -0.39 is 5.97 Å². The average Bonchev–Trinajstić information content (AvgIpc) is 2.43. The van der Waals surface area contributed by atoms with Crippen LogP contribution < -0.4 is 10.2 Å². The van der Waals surface area contributed by atoms with Gasteiger partial charge in [-0.25, -0.2) is 19.7 Å². The Morgan fingerprint density at radius 1 is 1.30 bits per heavy atom. The van der Waals surface area contributed by atoms with Crippen molar-refractivity contribution in [3.8, 4) is 0 Å². The van der Waals surface area contributed by atoms with Crippen LogP contribution in [0.2, 0.25) is 0 Å². The number of nitrogens with one attached hydrogen (secondary N) is 1. The van der Waals surface area contributed by atoms with Crippen molar-refractivity contribution < 1.29 is 9.90 Å². The van der Waals surface area contributed by atoms with Crippen molar-refractivity contribution >= 4 is 28.8 Å². The minimum atomic E-state index is -1.14. The van der Waals surface area contributed by atoms with Gasteiger partial charge in [0.1, 0.15) is 17.4 Å². The van der Waals surface area contributed by atoms with Gasteiger partial charge in [-0.1, -0.05) is 6.92 Å². The molecular weight excluding hydrogens is 260 g/mol. The molecule has 2 heterocycles. The van der Waals surface area contributed by atoms with Crippen molar-refractivity contribution in [1.29, 1.82) is 0 Å². The van der Waals surface area contributed by atoms with Crippen LogP contribution in [0.15, 0.2) is 6.33 Å². The maximum Gasteiger partial charge on any atom is 0.356 e. The zero-order valence-electron chi connectivity index (χ0n) is 11.6. The van der Waals surface area contributed by atoms with Gasteiger partial charge in [0, 0.05) is 20.6 Å². The van der Waals surface area contributed by atoms with Crippen LogP contribution in [-0.2, 0) is 0 Å². The number of carboxylic acids is 1. The lowest BCUT2D eigenvalue weighted by Crippen LogP contribution is -2.16. The summed E-state index contributed by atoms with van der Waals surface area (Å²) < 4.78 is 0. The summed E-state index contributed by atoms with van der Waals surface area (Å²) in [6, 6.07) is 0. The van der Waals surface area contributed by atoms with E-state index in [-0.39, 0.29) is 11.2 Å². The minimum absolute atomic E-state index is 0.125. The zero-order chi connectivity index (χ0) is 14.7. The summed E-state index contributed by atoms with van der Waals surface area (Å²) in [7, 11) is 3.63. The van der Waals surface area contributed by atoms with Crippen molar-refractivity contribution in [2.24, 2.45) is 0 Å². The van der Waals surface area contributed by atoms with E-state index >= 15 is 0 Å². The second-order valence-corrected chi connectivity index (χ2v) is 4.42. The SMILES string of the molecule is CCCNc1nc(N(C)C)c2ncnc(C(=O)O)c2n1. The molecule has 0 radical (unpaired) electrons. The molecule has 20 heavy (non-hydrogen) atoms. The average molecular weight is 276 g/mol. The number of hydrogen-bond acceptors (Lipinski definition) is 7. The molecule has 8 nitrogen and oxygen atoms in total. The number of aromatic carboxylic acids is 1. The summed E-state index contributed by atoms with van der Waals surface area (Å²) in [4.78, 5) is 29.5. The third-order valence-electron chi connectivity index (χ3n) is 2.62. The molecule has 2 aromatic heterocycles. The second kappa shape index (κ2) is 5.64. The molecule has 0 fully saturated rings. The molecular formula is C12H16N6O2. The lowest BCUT2D eigenvalue weighted by Gasteiger charge is -2.15. The smallest absolute Gasteiger partial charge is 0.356 e. The number of carboxylic acid groups (broad SMARTS) is 1. The van der Waals surface area contributed by atoms with Crippen LogP contribution in [0, 0.1) is 0 Å². The molecule has 0 bridgehead atoms. The molecule has 0 saturated heterocycles. The van der Waals surface area contributed by atoms with Gasteiger partial charge in [-0.05, 0) is 6.42 Å². The fourth-order valence-electron chi connectivity index (χ4n) is 1.72. The summed E-state index contributed by atoms with van der Waals surface area (Å²) in [5, 5.41) is 12.2. The van der Waals surface area contributed by atoms with Gasteiger partial charge in [-0.15, -0.1) is 0 Å². The normalized spacial score (nSPS) is 10.6. The predicted octanol–water partition coefficient (Wildman–Crippen LogP) is 1.01. The summed E-state index contributed by atoms with van der Waals surface area (Å²) in [6.45, 7) is 2.72. The van der Waals surface area contributed by atoms with Gasteiger partial charge in [0.25, 0.3) is 0 Å². The number of nitrogens with zero attached hydrogens (tertiary/aromatic N) is 5. The predicted molar refractivity (Wildman–Crippen MR) is 75.2 cm³/mol. The lowest BCUT2D eigenvalue weighted by atomic mass is 10.3. The number of aromatic nitrogens is 4. The highest BCUT2D eigenvalue weighted by Crippen LogP contribution is 2.23. The van der Waals surface area contributed by atoms with Crippen LogP contribution in [0.1, 0.15) is 23.8 Å². The van der Waals surface area contributed by atoms with Crippen LogP contribution in [0.5, 0.6) is 0 Å². The molecule has 2 N–H and O–H groups in total. The molecule has 2 aromatic rings. The molecule has 0 aliphatic heterocycles. The number of anilines is 2. The maximum absolute atomic E-state index is 11.2. The standard InChI is InChI=1S/C12H16N6O2/c1-4-5-13-12-16-7-8(10(17-12)18(2)3)14-6-15-9(7)11(19)20/h6H,4-5H2,1-3H3,(H,19,20)(H,13,16,17). The Balaban J connectivity index is 2.68. The van der Waals surface area contributed by atoms with Crippen LogP contribution in [0.25, 0.3) is 11.0 Å². The minimum Gasteiger partial charge on any atom is -0.476 e. The van der Waals surface area contributed by atoms with Crippen LogP contribution in [0.4, 0.5) is 11.8 Å². The molecule has 0 aliphatic rings. The largest absolute Gasteiger partial charge is 0.476 e. The van der Waals surface area contributed by atoms with Crippen molar-refractivity contribution in [2.75, 3.05) is 30.9 Å². The van der Waals surface area contributed by atoms with E-state index in [1.54, 1.807) is 4.90 Å². The van der Waals surface area contributed by atoms with Crippen molar-refractivity contribution in [3.63, 3.8) is 0 Å². The first kappa shape index (κ1) is 13.9. The first-order valence-corrected chi connectivity index (χ1v) is 6.21. The van der Waals surface area contributed by atoms with E-state index in [1.165, 1.54) is 6.33 Å². The molecule has 8 heteroatoms. The Morgan fingerprint density at radius 2 is 2.05 bits per heavy atom. The Bertz CT molecular complexity index is 643. The van der Waals surface area contributed by atoms with Gasteiger partial charge >= 0.3 is 5.97 Å². The number of hydrogen-bond donors (Lipinski definition) is 2. The molecule has 0 saturated carbocycles. The maximum atomic E-state index is 11.2. The third-order valence-corrected chi connectivity index (χ3v) is 2.62. The summed E-state index contributed by atoms with van der Waals surface area (Å²) >= 11 is 0. The summed E-state index contributed by atoms with van der Waals surface area (Å²) in [5.74, 6) is -0.207. The molecule has 0 atom stereocenters. The van der Waals surface area contributed by atoms with Crippen LogP contribution >= 0.6 is 0 Å². The molecule has 106 valence electrons. The van der Waals surface area contributed by atoms with Crippen molar-refractivity contribution in [1.82, 2.24) is 19.9 Å². The van der Waals surface area contributed by atoms with Crippen molar-refractivity contribution in [2.45, 2.75) is 13.3 Å². The van der Waals surface area contributed by atoms with Gasteiger partial charge in [0.2, 0.25) is 5.95 Å². The Kier molecular flexibility index (Phi) is 3.92. The first-order chi connectivity index (χ1) is 9.54. The van der Waals surface area contributed by atoms with Gasteiger partial charge < -0.3 is 15.3 Å². The third kappa shape index (κ3) is 2.58. The number of carbonyl (C=O) groups is 1. The van der Waals surface area contributed by atoms with Gasteiger partial charge in [-0.2, -0.15) is 4.98 Å². The molecule has 0 amide bonds. The van der Waals surface area contributed by atoms with Crippen molar-refractivity contribution in [3.05, 3.63) is 12.0 Å². The highest BCUT2D eigenvalue weighted by Gasteiger charge is 2.18. The molecule has 0 aromatic carbocycles. The fraction of sp³-hybridized carbons (Fsp3) is 0.417. The van der Waals surface area contributed by atoms with E-state index in [0.29, 0.717) is 23.8 Å². The number of fused-ring (bicyclic) bond motifs is 1. The Morgan fingerprint density at radius 3 is 2.65 bits per heavy atom. The summed E-state index contributed by atoms with van der Waals surface area (Å²) in [6.07, 6.45) is 2.12. The van der Waals surface area contributed by atoms with Gasteiger partial charge in [0.15, 0.2) is 11.5 Å². The van der Waals surface area contributed by atoms with Gasteiger partial charge in [-0.3, -0.25) is 0 Å². The zero-order valence-corrected chi connectivity index (χ0v) is 11.6. The van der Waals surface area contributed by atoms with E-state index in [9.17, 15) is 9.90 Å². The van der Waals surface area contributed by atoms with E-state index in [2.05, 4.69) is 25.3 Å². The molecule has 0 unspecified atom stereocenters. The lowest BCUT2D eigenvalue weighted by molar-refractivity contribution is 0.0692. The summed E-state index contributed by atoms with van der Waals surface area (Å²) in [5.41, 5.74) is 0.529. The van der Waals surface area contributed by atoms with E-state index in [4.69, 9.17) is 0 Å². The Hall–Kier alpha value is -2.51. The fourth-order valence-corrected chi connectivity index (χ4v) is 1.72. The molecule has 2 rings (SSSR count). The molecule has 0 aliphatic carbocycles. The van der Waals surface area contributed by atoms with E-state index in [1.807, 2.05) is 21.0 Å². The molecule has 0 spiro atoms. The number of rotatable bonds is 5. The highest BCUT2D eigenvalue weighted by atomic mass is 16.4. The second-order valence-electron chi connectivity index (χ2n) is 4.42. The van der Waals surface area contributed by atoms with Crippen LogP contribution in [0.3, 0.4) is 0 Å².